The number of hydrogen-bond donors (Lipinski definition) is 2. The SMILES string of the molecule is N=C(c1ccc(C(=O)Nc2ccc(I)c(-c3ccccn3)c2)cc1)N1CCCC1. The van der Waals surface area contributed by atoms with Crippen LogP contribution in [0.25, 0.3) is 11.3 Å². The second-order valence-corrected chi connectivity index (χ2v) is 8.15. The molecule has 0 saturated carbocycles. The van der Waals surface area contributed by atoms with Gasteiger partial charge in [0.05, 0.1) is 5.69 Å². The zero-order valence-electron chi connectivity index (χ0n) is 15.9. The summed E-state index contributed by atoms with van der Waals surface area (Å²) in [6.45, 7) is 1.87. The van der Waals surface area contributed by atoms with Crippen LogP contribution in [0.5, 0.6) is 0 Å². The molecule has 5 nitrogen and oxygen atoms in total. The number of amides is 1. The lowest BCUT2D eigenvalue weighted by molar-refractivity contribution is 0.102. The second kappa shape index (κ2) is 8.73. The van der Waals surface area contributed by atoms with Crippen molar-refractivity contribution in [3.05, 3.63) is 81.6 Å². The molecule has 146 valence electrons. The van der Waals surface area contributed by atoms with Crippen molar-refractivity contribution in [2.75, 3.05) is 18.4 Å². The number of carbonyl (C=O) groups is 1. The van der Waals surface area contributed by atoms with Gasteiger partial charge in [0.2, 0.25) is 0 Å². The molecule has 1 aliphatic heterocycles. The molecule has 0 unspecified atom stereocenters. The van der Waals surface area contributed by atoms with Crippen LogP contribution in [0.4, 0.5) is 5.69 Å². The van der Waals surface area contributed by atoms with Crippen molar-refractivity contribution in [2.45, 2.75) is 12.8 Å². The summed E-state index contributed by atoms with van der Waals surface area (Å²) >= 11 is 2.27. The largest absolute Gasteiger partial charge is 0.357 e. The lowest BCUT2D eigenvalue weighted by Gasteiger charge is -2.18. The van der Waals surface area contributed by atoms with Gasteiger partial charge in [-0.25, -0.2) is 0 Å². The van der Waals surface area contributed by atoms with E-state index in [-0.39, 0.29) is 5.91 Å². The van der Waals surface area contributed by atoms with E-state index in [4.69, 9.17) is 5.41 Å². The first kappa shape index (κ1) is 19.6. The molecule has 1 fully saturated rings. The fraction of sp³-hybridized carbons (Fsp3) is 0.174. The van der Waals surface area contributed by atoms with Crippen LogP contribution in [0.15, 0.2) is 66.9 Å². The molecule has 29 heavy (non-hydrogen) atoms. The van der Waals surface area contributed by atoms with Gasteiger partial charge in [0.15, 0.2) is 0 Å². The first-order valence-corrected chi connectivity index (χ1v) is 10.7. The minimum atomic E-state index is -0.169. The summed E-state index contributed by atoms with van der Waals surface area (Å²) in [6, 6.07) is 18.9. The highest BCUT2D eigenvalue weighted by atomic mass is 127. The molecule has 2 N–H and O–H groups in total. The average Bonchev–Trinajstić information content (AvgIpc) is 3.30. The lowest BCUT2D eigenvalue weighted by Crippen LogP contribution is -2.27. The van der Waals surface area contributed by atoms with Crippen molar-refractivity contribution < 1.29 is 4.79 Å². The maximum Gasteiger partial charge on any atom is 0.255 e. The van der Waals surface area contributed by atoms with Gasteiger partial charge in [0, 0.05) is 45.2 Å². The number of rotatable bonds is 4. The number of nitrogens with zero attached hydrogens (tertiary/aromatic N) is 2. The summed E-state index contributed by atoms with van der Waals surface area (Å²) in [5.41, 5.74) is 4.00. The molecular weight excluding hydrogens is 475 g/mol. The highest BCUT2D eigenvalue weighted by Crippen LogP contribution is 2.27. The predicted molar refractivity (Wildman–Crippen MR) is 124 cm³/mol. The zero-order chi connectivity index (χ0) is 20.2. The van der Waals surface area contributed by atoms with Crippen LogP contribution < -0.4 is 5.32 Å². The van der Waals surface area contributed by atoms with Crippen LogP contribution in [0.3, 0.4) is 0 Å². The topological polar surface area (TPSA) is 69.1 Å². The number of likely N-dealkylation sites (tertiary alicyclic amines) is 1. The number of halogens is 1. The van der Waals surface area contributed by atoms with E-state index in [2.05, 4.69) is 37.8 Å². The lowest BCUT2D eigenvalue weighted by atomic mass is 10.1. The van der Waals surface area contributed by atoms with Crippen LogP contribution in [0, 0.1) is 8.98 Å². The Morgan fingerprint density at radius 2 is 1.72 bits per heavy atom. The normalized spacial score (nSPS) is 13.3. The van der Waals surface area contributed by atoms with Crippen LogP contribution in [0.2, 0.25) is 0 Å². The van der Waals surface area contributed by atoms with Gasteiger partial charge in [0.25, 0.3) is 5.91 Å². The van der Waals surface area contributed by atoms with E-state index < -0.39 is 0 Å². The molecule has 1 aliphatic rings. The second-order valence-electron chi connectivity index (χ2n) is 6.98. The first-order chi connectivity index (χ1) is 14.1. The number of carbonyl (C=O) groups excluding carboxylic acids is 1. The molecule has 6 heteroatoms. The van der Waals surface area contributed by atoms with E-state index in [0.29, 0.717) is 11.4 Å². The summed E-state index contributed by atoms with van der Waals surface area (Å²) < 4.78 is 1.07. The number of nitrogens with one attached hydrogen (secondary N) is 2. The fourth-order valence-electron chi connectivity index (χ4n) is 3.43. The van der Waals surface area contributed by atoms with Gasteiger partial charge >= 0.3 is 0 Å². The van der Waals surface area contributed by atoms with E-state index in [1.807, 2.05) is 48.5 Å². The highest BCUT2D eigenvalue weighted by Gasteiger charge is 2.17. The molecule has 1 saturated heterocycles. The molecule has 1 amide bonds. The maximum absolute atomic E-state index is 12.7. The van der Waals surface area contributed by atoms with Crippen molar-refractivity contribution in [2.24, 2.45) is 0 Å². The smallest absolute Gasteiger partial charge is 0.255 e. The number of benzene rings is 2. The van der Waals surface area contributed by atoms with E-state index in [9.17, 15) is 4.79 Å². The molecule has 0 atom stereocenters. The third kappa shape index (κ3) is 4.48. The van der Waals surface area contributed by atoms with Crippen molar-refractivity contribution in [1.29, 1.82) is 5.41 Å². The number of hydrogen-bond acceptors (Lipinski definition) is 3. The molecule has 4 rings (SSSR count). The van der Waals surface area contributed by atoms with E-state index >= 15 is 0 Å². The maximum atomic E-state index is 12.7. The first-order valence-electron chi connectivity index (χ1n) is 9.58. The van der Waals surface area contributed by atoms with Gasteiger partial charge in [-0.3, -0.25) is 15.2 Å². The minimum Gasteiger partial charge on any atom is -0.357 e. The Kier molecular flexibility index (Phi) is 5.89. The van der Waals surface area contributed by atoms with Gasteiger partial charge in [-0.1, -0.05) is 18.2 Å². The Bertz CT molecular complexity index is 1030. The Balaban J connectivity index is 1.49. The van der Waals surface area contributed by atoms with E-state index in [1.54, 1.807) is 18.3 Å². The van der Waals surface area contributed by atoms with Crippen molar-refractivity contribution in [3.63, 3.8) is 0 Å². The van der Waals surface area contributed by atoms with Crippen molar-refractivity contribution in [3.8, 4) is 11.3 Å². The van der Waals surface area contributed by atoms with Gasteiger partial charge in [-0.15, -0.1) is 0 Å². The third-order valence-corrected chi connectivity index (χ3v) is 5.95. The molecule has 2 aromatic carbocycles. The third-order valence-electron chi connectivity index (χ3n) is 5.01. The Labute approximate surface area is 183 Å². The van der Waals surface area contributed by atoms with Crippen LogP contribution in [0.1, 0.15) is 28.8 Å². The number of aromatic nitrogens is 1. The summed E-state index contributed by atoms with van der Waals surface area (Å²) in [4.78, 5) is 19.2. The van der Waals surface area contributed by atoms with Gasteiger partial charge in [-0.05, 0) is 77.9 Å². The highest BCUT2D eigenvalue weighted by molar-refractivity contribution is 14.1. The van der Waals surface area contributed by atoms with Gasteiger partial charge in [-0.2, -0.15) is 0 Å². The van der Waals surface area contributed by atoms with E-state index in [0.717, 1.165) is 52.0 Å². The molecule has 0 aliphatic carbocycles. The molecule has 3 aromatic rings. The predicted octanol–water partition coefficient (Wildman–Crippen LogP) is 5.03. The fourth-order valence-corrected chi connectivity index (χ4v) is 4.04. The monoisotopic (exact) mass is 496 g/mol. The minimum absolute atomic E-state index is 0.169. The van der Waals surface area contributed by atoms with Crippen LogP contribution >= 0.6 is 22.6 Å². The Hall–Kier alpha value is -2.74. The average molecular weight is 496 g/mol. The summed E-state index contributed by atoms with van der Waals surface area (Å²) in [6.07, 6.45) is 4.04. The zero-order valence-corrected chi connectivity index (χ0v) is 18.0. The number of amidine groups is 1. The standard InChI is InChI=1S/C23H21IN4O/c24-20-11-10-18(15-19(20)21-5-1-2-12-26-21)27-23(29)17-8-6-16(7-9-17)22(25)28-13-3-4-14-28/h1-2,5-12,15,25H,3-4,13-14H2,(H,27,29). The van der Waals surface area contributed by atoms with E-state index in [1.165, 1.54) is 0 Å². The number of pyridine rings is 1. The van der Waals surface area contributed by atoms with Crippen LogP contribution in [-0.2, 0) is 0 Å². The van der Waals surface area contributed by atoms with Crippen molar-refractivity contribution >= 4 is 40.0 Å². The molecule has 2 heterocycles. The Morgan fingerprint density at radius 3 is 2.41 bits per heavy atom. The number of anilines is 1. The summed E-state index contributed by atoms with van der Waals surface area (Å²) in [7, 11) is 0. The molecule has 0 bridgehead atoms. The summed E-state index contributed by atoms with van der Waals surface area (Å²) in [5.74, 6) is 0.365. The Morgan fingerprint density at radius 1 is 1.00 bits per heavy atom. The quantitative estimate of drug-likeness (QED) is 0.303. The van der Waals surface area contributed by atoms with Gasteiger partial charge < -0.3 is 10.2 Å². The van der Waals surface area contributed by atoms with Crippen molar-refractivity contribution in [1.82, 2.24) is 9.88 Å². The molecular formula is C23H21IN4O. The summed E-state index contributed by atoms with van der Waals surface area (Å²) in [5, 5.41) is 11.3. The molecule has 1 aromatic heterocycles. The van der Waals surface area contributed by atoms with Crippen LogP contribution in [-0.4, -0.2) is 34.7 Å². The molecule has 0 spiro atoms. The van der Waals surface area contributed by atoms with Gasteiger partial charge in [0.1, 0.15) is 5.84 Å². The molecule has 0 radical (unpaired) electrons.